The van der Waals surface area contributed by atoms with E-state index in [4.69, 9.17) is 5.73 Å². The molecule has 1 aliphatic heterocycles. The molecule has 4 heteroatoms. The molecule has 0 amide bonds. The lowest BCUT2D eigenvalue weighted by atomic mass is 9.67. The van der Waals surface area contributed by atoms with Crippen LogP contribution < -0.4 is 5.73 Å². The first-order valence-electron chi connectivity index (χ1n) is 12.9. The van der Waals surface area contributed by atoms with E-state index in [1.54, 1.807) is 0 Å². The molecule has 0 aliphatic carbocycles. The minimum absolute atomic E-state index is 0. The summed E-state index contributed by atoms with van der Waals surface area (Å²) in [4.78, 5) is 2.65. The van der Waals surface area contributed by atoms with Crippen molar-refractivity contribution in [1.29, 1.82) is 0 Å². The van der Waals surface area contributed by atoms with Gasteiger partial charge in [-0.3, -0.25) is 0 Å². The Bertz CT molecular complexity index is 1080. The summed E-state index contributed by atoms with van der Waals surface area (Å²) in [6, 6.07) is 44.1. The summed E-state index contributed by atoms with van der Waals surface area (Å²) in [6.07, 6.45) is 3.26. The standard InChI is InChI=1S/C33H36N2.2ClH/c34-27-32(28-13-5-1-6-14-28)21-24-35(25-22-32)26-23-33(29-15-7-2-8-16-29,30-17-9-3-10-18-30)31-19-11-4-12-20-31;;/h1-20H,21-27,34H2;2*1H. The topological polar surface area (TPSA) is 29.3 Å². The lowest BCUT2D eigenvalue weighted by molar-refractivity contribution is 0.155. The fraction of sp³-hybridized carbons (Fsp3) is 0.273. The molecule has 2 N–H and O–H groups in total. The first-order chi connectivity index (χ1) is 17.3. The molecule has 0 saturated carbocycles. The van der Waals surface area contributed by atoms with Gasteiger partial charge in [0, 0.05) is 17.4 Å². The molecule has 1 aliphatic rings. The lowest BCUT2D eigenvalue weighted by Gasteiger charge is -2.43. The zero-order valence-corrected chi connectivity index (χ0v) is 23.0. The number of benzene rings is 4. The number of piperidine rings is 1. The predicted octanol–water partition coefficient (Wildman–Crippen LogP) is 7.25. The number of hydrogen-bond acceptors (Lipinski definition) is 2. The Morgan fingerprint density at radius 3 is 1.35 bits per heavy atom. The molecule has 4 aromatic rings. The SMILES string of the molecule is Cl.Cl.NCC1(c2ccccc2)CCN(CCC(c2ccccc2)(c2ccccc2)c2ccccc2)CC1. The molecule has 194 valence electrons. The molecule has 37 heavy (non-hydrogen) atoms. The zero-order chi connectivity index (χ0) is 24.0. The van der Waals surface area contributed by atoms with Gasteiger partial charge >= 0.3 is 0 Å². The van der Waals surface area contributed by atoms with Crippen LogP contribution in [-0.2, 0) is 10.8 Å². The second-order valence-electron chi connectivity index (χ2n) is 9.95. The average molecular weight is 534 g/mol. The summed E-state index contributed by atoms with van der Waals surface area (Å²) in [5.41, 5.74) is 11.8. The van der Waals surface area contributed by atoms with Crippen LogP contribution in [-0.4, -0.2) is 31.1 Å². The highest BCUT2D eigenvalue weighted by atomic mass is 35.5. The zero-order valence-electron chi connectivity index (χ0n) is 21.3. The molecular formula is C33H38Cl2N2. The number of halogens is 2. The van der Waals surface area contributed by atoms with Crippen molar-refractivity contribution in [3.05, 3.63) is 144 Å². The van der Waals surface area contributed by atoms with Gasteiger partial charge < -0.3 is 10.6 Å². The minimum atomic E-state index is -0.189. The van der Waals surface area contributed by atoms with Crippen LogP contribution in [0.4, 0.5) is 0 Å². The third-order valence-corrected chi connectivity index (χ3v) is 8.19. The normalized spacial score (nSPS) is 15.3. The molecule has 0 spiro atoms. The van der Waals surface area contributed by atoms with Crippen molar-refractivity contribution < 1.29 is 0 Å². The summed E-state index contributed by atoms with van der Waals surface area (Å²) >= 11 is 0. The van der Waals surface area contributed by atoms with Gasteiger partial charge in [-0.25, -0.2) is 0 Å². The fourth-order valence-electron chi connectivity index (χ4n) is 6.03. The molecule has 1 heterocycles. The van der Waals surface area contributed by atoms with Crippen molar-refractivity contribution in [3.63, 3.8) is 0 Å². The van der Waals surface area contributed by atoms with Crippen molar-refractivity contribution in [2.45, 2.75) is 30.1 Å². The molecule has 0 aromatic heterocycles. The highest BCUT2D eigenvalue weighted by Gasteiger charge is 2.38. The van der Waals surface area contributed by atoms with Gasteiger partial charge in [0.1, 0.15) is 0 Å². The van der Waals surface area contributed by atoms with Crippen LogP contribution in [0.25, 0.3) is 0 Å². The average Bonchev–Trinajstić information content (AvgIpc) is 2.96. The van der Waals surface area contributed by atoms with Crippen LogP contribution in [0.3, 0.4) is 0 Å². The monoisotopic (exact) mass is 532 g/mol. The Kier molecular flexibility index (Phi) is 10.4. The molecule has 2 nitrogen and oxygen atoms in total. The smallest absolute Gasteiger partial charge is 0.0463 e. The van der Waals surface area contributed by atoms with Gasteiger partial charge in [0.25, 0.3) is 0 Å². The molecule has 0 atom stereocenters. The molecule has 1 fully saturated rings. The van der Waals surface area contributed by atoms with Gasteiger partial charge in [0.2, 0.25) is 0 Å². The van der Waals surface area contributed by atoms with Gasteiger partial charge in [-0.15, -0.1) is 24.8 Å². The first kappa shape index (κ1) is 28.9. The van der Waals surface area contributed by atoms with Crippen molar-refractivity contribution in [2.75, 3.05) is 26.2 Å². The maximum atomic E-state index is 6.37. The van der Waals surface area contributed by atoms with Crippen LogP contribution in [0, 0.1) is 0 Å². The van der Waals surface area contributed by atoms with Gasteiger partial charge in [0.15, 0.2) is 0 Å². The highest BCUT2D eigenvalue weighted by Crippen LogP contribution is 2.43. The van der Waals surface area contributed by atoms with Crippen molar-refractivity contribution in [2.24, 2.45) is 5.73 Å². The van der Waals surface area contributed by atoms with Gasteiger partial charge in [0.05, 0.1) is 0 Å². The summed E-state index contributed by atoms with van der Waals surface area (Å²) < 4.78 is 0. The summed E-state index contributed by atoms with van der Waals surface area (Å²) in [6.45, 7) is 3.93. The summed E-state index contributed by atoms with van der Waals surface area (Å²) in [7, 11) is 0. The second-order valence-corrected chi connectivity index (χ2v) is 9.95. The summed E-state index contributed by atoms with van der Waals surface area (Å²) in [5, 5.41) is 0. The maximum Gasteiger partial charge on any atom is 0.0463 e. The molecule has 5 rings (SSSR count). The molecule has 0 bridgehead atoms. The quantitative estimate of drug-likeness (QED) is 0.242. The van der Waals surface area contributed by atoms with E-state index in [1.807, 2.05) is 0 Å². The van der Waals surface area contributed by atoms with E-state index in [1.165, 1.54) is 22.3 Å². The van der Waals surface area contributed by atoms with Crippen molar-refractivity contribution >= 4 is 24.8 Å². The second kappa shape index (κ2) is 13.3. The van der Waals surface area contributed by atoms with E-state index in [9.17, 15) is 0 Å². The van der Waals surface area contributed by atoms with Crippen LogP contribution in [0.1, 0.15) is 41.5 Å². The van der Waals surface area contributed by atoms with E-state index in [0.717, 1.165) is 38.9 Å². The Balaban J connectivity index is 0.00000190. The summed E-state index contributed by atoms with van der Waals surface area (Å²) in [5.74, 6) is 0. The molecule has 0 unspecified atom stereocenters. The molecular weight excluding hydrogens is 495 g/mol. The van der Waals surface area contributed by atoms with E-state index >= 15 is 0 Å². The number of likely N-dealkylation sites (tertiary alicyclic amines) is 1. The van der Waals surface area contributed by atoms with Gasteiger partial charge in [-0.1, -0.05) is 121 Å². The van der Waals surface area contributed by atoms with E-state index in [-0.39, 0.29) is 35.6 Å². The van der Waals surface area contributed by atoms with E-state index in [0.29, 0.717) is 6.54 Å². The number of nitrogens with two attached hydrogens (primary N) is 1. The third kappa shape index (κ3) is 5.94. The molecule has 4 aromatic carbocycles. The number of hydrogen-bond donors (Lipinski definition) is 1. The van der Waals surface area contributed by atoms with Crippen LogP contribution >= 0.6 is 24.8 Å². The molecule has 1 saturated heterocycles. The van der Waals surface area contributed by atoms with Gasteiger partial charge in [-0.05, 0) is 61.2 Å². The maximum absolute atomic E-state index is 6.37. The van der Waals surface area contributed by atoms with Gasteiger partial charge in [-0.2, -0.15) is 0 Å². The van der Waals surface area contributed by atoms with Crippen LogP contribution in [0.5, 0.6) is 0 Å². The molecule has 0 radical (unpaired) electrons. The largest absolute Gasteiger partial charge is 0.330 e. The Labute approximate surface area is 234 Å². The first-order valence-corrected chi connectivity index (χ1v) is 12.9. The number of nitrogens with zero attached hydrogens (tertiary/aromatic N) is 1. The predicted molar refractivity (Wildman–Crippen MR) is 161 cm³/mol. The van der Waals surface area contributed by atoms with E-state index in [2.05, 4.69) is 126 Å². The third-order valence-electron chi connectivity index (χ3n) is 8.19. The fourth-order valence-corrected chi connectivity index (χ4v) is 6.03. The van der Waals surface area contributed by atoms with Crippen LogP contribution in [0.15, 0.2) is 121 Å². The Morgan fingerprint density at radius 2 is 0.973 bits per heavy atom. The Hall–Kier alpha value is -2.62. The van der Waals surface area contributed by atoms with Crippen molar-refractivity contribution in [1.82, 2.24) is 4.90 Å². The van der Waals surface area contributed by atoms with Crippen LogP contribution in [0.2, 0.25) is 0 Å². The van der Waals surface area contributed by atoms with E-state index < -0.39 is 0 Å². The number of rotatable bonds is 8. The van der Waals surface area contributed by atoms with Crippen molar-refractivity contribution in [3.8, 4) is 0 Å². The Morgan fingerprint density at radius 1 is 0.595 bits per heavy atom. The minimum Gasteiger partial charge on any atom is -0.330 e. The lowest BCUT2D eigenvalue weighted by Crippen LogP contribution is -2.47. The highest BCUT2D eigenvalue weighted by molar-refractivity contribution is 5.85.